The number of halogens is 1. The van der Waals surface area contributed by atoms with E-state index in [2.05, 4.69) is 5.32 Å². The first-order chi connectivity index (χ1) is 11.5. The Morgan fingerprint density at radius 3 is 2.42 bits per heavy atom. The molecule has 1 amide bonds. The highest BCUT2D eigenvalue weighted by molar-refractivity contribution is 7.18. The van der Waals surface area contributed by atoms with Gasteiger partial charge in [0.15, 0.2) is 0 Å². The molecule has 3 aromatic rings. The van der Waals surface area contributed by atoms with Crippen molar-refractivity contribution in [1.82, 2.24) is 0 Å². The number of nitrogens with one attached hydrogen (secondary N) is 1. The lowest BCUT2D eigenvalue weighted by Crippen LogP contribution is -2.23. The van der Waals surface area contributed by atoms with Crippen LogP contribution < -0.4 is 10.4 Å². The van der Waals surface area contributed by atoms with Crippen molar-refractivity contribution in [2.24, 2.45) is 0 Å². The van der Waals surface area contributed by atoms with Crippen LogP contribution in [0.25, 0.3) is 10.4 Å². The van der Waals surface area contributed by atoms with Gasteiger partial charge in [-0.15, -0.1) is 11.3 Å². The van der Waals surface area contributed by atoms with Gasteiger partial charge in [0.2, 0.25) is 0 Å². The highest BCUT2D eigenvalue weighted by Gasteiger charge is 2.15. The Bertz CT molecular complexity index is 906. The summed E-state index contributed by atoms with van der Waals surface area (Å²) in [5, 5.41) is 13.8. The number of carbonyl (C=O) groups excluding carboxylic acids is 2. The maximum absolute atomic E-state index is 13.2. The lowest BCUT2D eigenvalue weighted by molar-refractivity contribution is -0.254. The molecule has 2 aromatic carbocycles. The number of anilines is 1. The van der Waals surface area contributed by atoms with Crippen LogP contribution >= 0.6 is 11.3 Å². The molecule has 0 fully saturated rings. The van der Waals surface area contributed by atoms with Crippen LogP contribution in [0, 0.1) is 5.82 Å². The van der Waals surface area contributed by atoms with E-state index in [1.54, 1.807) is 6.07 Å². The van der Waals surface area contributed by atoms with Crippen LogP contribution in [0.1, 0.15) is 20.0 Å². The van der Waals surface area contributed by atoms with Gasteiger partial charge in [0.25, 0.3) is 5.91 Å². The Kier molecular flexibility index (Phi) is 4.39. The summed E-state index contributed by atoms with van der Waals surface area (Å²) in [5.41, 5.74) is 1.07. The second kappa shape index (κ2) is 6.64. The Balaban J connectivity index is 1.94. The van der Waals surface area contributed by atoms with E-state index in [1.165, 1.54) is 18.2 Å². The SMILES string of the molecule is O=C(Nc1cc(-c2ccccc2)sc1C(=O)[O-])c1cccc(F)c1. The summed E-state index contributed by atoms with van der Waals surface area (Å²) < 4.78 is 13.2. The summed E-state index contributed by atoms with van der Waals surface area (Å²) >= 11 is 1.01. The van der Waals surface area contributed by atoms with Crippen LogP contribution in [0.3, 0.4) is 0 Å². The fraction of sp³-hybridized carbons (Fsp3) is 0. The number of aromatic carboxylic acids is 1. The van der Waals surface area contributed by atoms with Gasteiger partial charge in [0.05, 0.1) is 16.5 Å². The fourth-order valence-corrected chi connectivity index (χ4v) is 3.16. The number of carbonyl (C=O) groups is 2. The molecule has 0 aliphatic rings. The van der Waals surface area contributed by atoms with Crippen LogP contribution in [0.5, 0.6) is 0 Å². The first-order valence-corrected chi connectivity index (χ1v) is 7.84. The maximum Gasteiger partial charge on any atom is 0.255 e. The van der Waals surface area contributed by atoms with Crippen molar-refractivity contribution >= 4 is 28.9 Å². The lowest BCUT2D eigenvalue weighted by Gasteiger charge is -2.07. The summed E-state index contributed by atoms with van der Waals surface area (Å²) in [6.07, 6.45) is 0. The smallest absolute Gasteiger partial charge is 0.255 e. The number of carboxylic acids is 1. The number of amides is 1. The van der Waals surface area contributed by atoms with Crippen molar-refractivity contribution in [3.8, 4) is 10.4 Å². The highest BCUT2D eigenvalue weighted by Crippen LogP contribution is 2.34. The molecule has 0 atom stereocenters. The third-order valence-electron chi connectivity index (χ3n) is 3.31. The van der Waals surface area contributed by atoms with Crippen molar-refractivity contribution in [2.45, 2.75) is 0 Å². The Morgan fingerprint density at radius 2 is 1.75 bits per heavy atom. The molecule has 120 valence electrons. The standard InChI is InChI=1S/C18H12FNO3S/c19-13-8-4-7-12(9-13)17(21)20-14-10-15(24-16(14)18(22)23)11-5-2-1-3-6-11/h1-10H,(H,20,21)(H,22,23)/p-1. The minimum atomic E-state index is -1.38. The van der Waals surface area contributed by atoms with Gasteiger partial charge in [-0.25, -0.2) is 4.39 Å². The van der Waals surface area contributed by atoms with Gasteiger partial charge in [-0.3, -0.25) is 4.79 Å². The van der Waals surface area contributed by atoms with Gasteiger partial charge < -0.3 is 15.2 Å². The second-order valence-electron chi connectivity index (χ2n) is 4.97. The minimum Gasteiger partial charge on any atom is -0.544 e. The molecule has 3 rings (SSSR count). The summed E-state index contributed by atoms with van der Waals surface area (Å²) in [4.78, 5) is 24.1. The van der Waals surface area contributed by atoms with E-state index in [0.29, 0.717) is 4.88 Å². The van der Waals surface area contributed by atoms with Gasteiger partial charge in [0, 0.05) is 10.4 Å². The molecular formula is C18H11FNO3S-. The quantitative estimate of drug-likeness (QED) is 0.793. The molecular weight excluding hydrogens is 329 g/mol. The average Bonchev–Trinajstić information content (AvgIpc) is 3.00. The normalized spacial score (nSPS) is 10.4. The molecule has 0 aliphatic carbocycles. The molecule has 4 nitrogen and oxygen atoms in total. The largest absolute Gasteiger partial charge is 0.544 e. The van der Waals surface area contributed by atoms with Crippen molar-refractivity contribution in [3.05, 3.63) is 76.9 Å². The van der Waals surface area contributed by atoms with Gasteiger partial charge >= 0.3 is 0 Å². The predicted molar refractivity (Wildman–Crippen MR) is 88.4 cm³/mol. The third-order valence-corrected chi connectivity index (χ3v) is 4.47. The molecule has 0 saturated carbocycles. The van der Waals surface area contributed by atoms with Gasteiger partial charge in [0.1, 0.15) is 5.82 Å². The number of rotatable bonds is 4. The summed E-state index contributed by atoms with van der Waals surface area (Å²) in [5.74, 6) is -2.51. The van der Waals surface area contributed by atoms with Crippen molar-refractivity contribution in [2.75, 3.05) is 5.32 Å². The molecule has 0 radical (unpaired) electrons. The number of hydrogen-bond donors (Lipinski definition) is 1. The molecule has 24 heavy (non-hydrogen) atoms. The van der Waals surface area contributed by atoms with Crippen LogP contribution in [0.15, 0.2) is 60.7 Å². The molecule has 0 unspecified atom stereocenters. The van der Waals surface area contributed by atoms with E-state index in [1.807, 2.05) is 30.3 Å². The van der Waals surface area contributed by atoms with Crippen LogP contribution in [-0.4, -0.2) is 11.9 Å². The Labute approximate surface area is 141 Å². The monoisotopic (exact) mass is 340 g/mol. The molecule has 1 N–H and O–H groups in total. The first kappa shape index (κ1) is 15.9. The van der Waals surface area contributed by atoms with Crippen LogP contribution in [-0.2, 0) is 0 Å². The van der Waals surface area contributed by atoms with Crippen LogP contribution in [0.2, 0.25) is 0 Å². The molecule has 6 heteroatoms. The molecule has 0 saturated heterocycles. The minimum absolute atomic E-state index is 0.0846. The van der Waals surface area contributed by atoms with Gasteiger partial charge in [-0.2, -0.15) is 0 Å². The highest BCUT2D eigenvalue weighted by atomic mass is 32.1. The molecule has 0 aliphatic heterocycles. The third kappa shape index (κ3) is 3.33. The average molecular weight is 340 g/mol. The number of benzene rings is 2. The molecule has 0 spiro atoms. The van der Waals surface area contributed by atoms with Gasteiger partial charge in [-0.1, -0.05) is 36.4 Å². The first-order valence-electron chi connectivity index (χ1n) is 7.02. The number of thiophene rings is 1. The maximum atomic E-state index is 13.2. The molecule has 1 heterocycles. The van der Waals surface area contributed by atoms with Crippen LogP contribution in [0.4, 0.5) is 10.1 Å². The Morgan fingerprint density at radius 1 is 1.00 bits per heavy atom. The topological polar surface area (TPSA) is 69.2 Å². The van der Waals surface area contributed by atoms with Crippen molar-refractivity contribution in [3.63, 3.8) is 0 Å². The number of hydrogen-bond acceptors (Lipinski definition) is 4. The molecule has 0 bridgehead atoms. The summed E-state index contributed by atoms with van der Waals surface area (Å²) in [6, 6.07) is 15.9. The summed E-state index contributed by atoms with van der Waals surface area (Å²) in [7, 11) is 0. The van der Waals surface area contributed by atoms with Crippen molar-refractivity contribution < 1.29 is 19.1 Å². The van der Waals surface area contributed by atoms with E-state index >= 15 is 0 Å². The fourth-order valence-electron chi connectivity index (χ4n) is 2.20. The van der Waals surface area contributed by atoms with Crippen molar-refractivity contribution in [1.29, 1.82) is 0 Å². The van der Waals surface area contributed by atoms with Gasteiger partial charge in [-0.05, 0) is 29.8 Å². The van der Waals surface area contributed by atoms with E-state index < -0.39 is 17.7 Å². The lowest BCUT2D eigenvalue weighted by atomic mass is 10.1. The van der Waals surface area contributed by atoms with E-state index in [4.69, 9.17) is 0 Å². The second-order valence-corrected chi connectivity index (χ2v) is 6.02. The number of carboxylic acid groups (broad SMARTS) is 1. The zero-order valence-corrected chi connectivity index (χ0v) is 13.1. The predicted octanol–water partition coefficient (Wildman–Crippen LogP) is 3.17. The zero-order valence-electron chi connectivity index (χ0n) is 12.3. The van der Waals surface area contributed by atoms with E-state index in [9.17, 15) is 19.1 Å². The van der Waals surface area contributed by atoms with E-state index in [0.717, 1.165) is 23.0 Å². The van der Waals surface area contributed by atoms with E-state index in [-0.39, 0.29) is 16.1 Å². The molecule has 1 aromatic heterocycles. The zero-order chi connectivity index (χ0) is 17.1. The Hall–Kier alpha value is -2.99. The summed E-state index contributed by atoms with van der Waals surface area (Å²) in [6.45, 7) is 0.